The smallest absolute Gasteiger partial charge is 0.272 e. The first-order valence-electron chi connectivity index (χ1n) is 7.43. The van der Waals surface area contributed by atoms with Crippen LogP contribution in [0.4, 0.5) is 5.69 Å². The lowest BCUT2D eigenvalue weighted by Gasteiger charge is -2.12. The fourth-order valence-corrected chi connectivity index (χ4v) is 3.54. The molecule has 0 fully saturated rings. The molecule has 1 atom stereocenters. The molecule has 0 unspecified atom stereocenters. The van der Waals surface area contributed by atoms with E-state index < -0.39 is 10.0 Å². The van der Waals surface area contributed by atoms with Gasteiger partial charge in [0.2, 0.25) is 10.0 Å². The van der Waals surface area contributed by atoms with E-state index in [9.17, 15) is 13.2 Å². The molecule has 1 aromatic carbocycles. The molecule has 7 heteroatoms. The van der Waals surface area contributed by atoms with Crippen molar-refractivity contribution in [1.29, 1.82) is 0 Å². The van der Waals surface area contributed by atoms with Gasteiger partial charge in [0.25, 0.3) is 5.91 Å². The zero-order valence-electron chi connectivity index (χ0n) is 13.2. The molecule has 0 saturated carbocycles. The molecule has 1 aromatic heterocycles. The van der Waals surface area contributed by atoms with E-state index in [1.54, 1.807) is 42.6 Å². The van der Waals surface area contributed by atoms with E-state index in [-0.39, 0.29) is 17.7 Å². The Balaban J connectivity index is 2.06. The number of hydrogen-bond donors (Lipinski definition) is 3. The largest absolute Gasteiger partial charge is 0.357 e. The van der Waals surface area contributed by atoms with Crippen LogP contribution in [0.5, 0.6) is 0 Å². The molecule has 1 heterocycles. The van der Waals surface area contributed by atoms with Gasteiger partial charge in [0.05, 0.1) is 5.75 Å². The van der Waals surface area contributed by atoms with E-state index in [4.69, 9.17) is 0 Å². The second-order valence-electron chi connectivity index (χ2n) is 5.42. The highest BCUT2D eigenvalue weighted by atomic mass is 32.2. The molecular weight excluding hydrogens is 314 g/mol. The lowest BCUT2D eigenvalue weighted by molar-refractivity contribution is 0.102. The Morgan fingerprint density at radius 2 is 2.04 bits per heavy atom. The van der Waals surface area contributed by atoms with Crippen LogP contribution >= 0.6 is 0 Å². The zero-order chi connectivity index (χ0) is 16.9. The van der Waals surface area contributed by atoms with Gasteiger partial charge in [-0.25, -0.2) is 13.1 Å². The van der Waals surface area contributed by atoms with E-state index in [0.717, 1.165) is 6.42 Å². The van der Waals surface area contributed by atoms with Gasteiger partial charge in [-0.2, -0.15) is 0 Å². The van der Waals surface area contributed by atoms with Crippen LogP contribution < -0.4 is 10.0 Å². The van der Waals surface area contributed by atoms with Crippen molar-refractivity contribution >= 4 is 21.6 Å². The van der Waals surface area contributed by atoms with E-state index in [1.165, 1.54) is 0 Å². The van der Waals surface area contributed by atoms with Crippen LogP contribution in [0.1, 0.15) is 36.3 Å². The topological polar surface area (TPSA) is 91.1 Å². The first kappa shape index (κ1) is 17.2. The average molecular weight is 335 g/mol. The third kappa shape index (κ3) is 5.22. The molecule has 2 aromatic rings. The van der Waals surface area contributed by atoms with Gasteiger partial charge in [0.15, 0.2) is 0 Å². The van der Waals surface area contributed by atoms with E-state index >= 15 is 0 Å². The summed E-state index contributed by atoms with van der Waals surface area (Å²) in [6, 6.07) is 10.1. The summed E-state index contributed by atoms with van der Waals surface area (Å²) in [4.78, 5) is 14.8. The molecule has 2 rings (SSSR count). The number of aromatic amines is 1. The highest BCUT2D eigenvalue weighted by Gasteiger charge is 2.15. The lowest BCUT2D eigenvalue weighted by atomic mass is 10.2. The monoisotopic (exact) mass is 335 g/mol. The number of benzene rings is 1. The molecule has 0 bridgehead atoms. The van der Waals surface area contributed by atoms with Crippen LogP contribution in [0.2, 0.25) is 0 Å². The zero-order valence-corrected chi connectivity index (χ0v) is 14.0. The minimum Gasteiger partial charge on any atom is -0.357 e. The highest BCUT2D eigenvalue weighted by molar-refractivity contribution is 7.88. The predicted molar refractivity (Wildman–Crippen MR) is 90.7 cm³/mol. The van der Waals surface area contributed by atoms with Gasteiger partial charge in [-0.1, -0.05) is 19.1 Å². The Morgan fingerprint density at radius 3 is 2.70 bits per heavy atom. The third-order valence-corrected chi connectivity index (χ3v) is 4.85. The molecule has 0 aliphatic heterocycles. The van der Waals surface area contributed by atoms with Gasteiger partial charge in [-0.15, -0.1) is 0 Å². The molecule has 6 nitrogen and oxygen atoms in total. The van der Waals surface area contributed by atoms with Crippen LogP contribution in [0.3, 0.4) is 0 Å². The van der Waals surface area contributed by atoms with Crippen LogP contribution in [-0.2, 0) is 15.8 Å². The van der Waals surface area contributed by atoms with Crippen molar-refractivity contribution in [2.45, 2.75) is 32.1 Å². The predicted octanol–water partition coefficient (Wildman–Crippen LogP) is 2.48. The normalized spacial score (nSPS) is 12.8. The minimum atomic E-state index is -3.40. The van der Waals surface area contributed by atoms with Crippen molar-refractivity contribution in [2.75, 3.05) is 5.32 Å². The van der Waals surface area contributed by atoms with E-state index in [1.807, 2.05) is 13.8 Å². The average Bonchev–Trinajstić information content (AvgIpc) is 3.00. The molecule has 0 aliphatic carbocycles. The van der Waals surface area contributed by atoms with Crippen LogP contribution in [-0.4, -0.2) is 25.4 Å². The van der Waals surface area contributed by atoms with Crippen molar-refractivity contribution in [1.82, 2.24) is 9.71 Å². The Morgan fingerprint density at radius 1 is 1.26 bits per heavy atom. The summed E-state index contributed by atoms with van der Waals surface area (Å²) in [5, 5.41) is 2.74. The van der Waals surface area contributed by atoms with Crippen molar-refractivity contribution in [3.05, 3.63) is 53.9 Å². The van der Waals surface area contributed by atoms with E-state index in [2.05, 4.69) is 15.0 Å². The Hall–Kier alpha value is -2.12. The van der Waals surface area contributed by atoms with Crippen LogP contribution in [0, 0.1) is 0 Å². The number of H-pyrrole nitrogens is 1. The number of amides is 1. The molecule has 0 saturated heterocycles. The summed E-state index contributed by atoms with van der Waals surface area (Å²) in [5.41, 5.74) is 1.62. The van der Waals surface area contributed by atoms with Crippen LogP contribution in [0.15, 0.2) is 42.6 Å². The maximum absolute atomic E-state index is 12.1. The summed E-state index contributed by atoms with van der Waals surface area (Å²) in [5.74, 6) is -0.392. The highest BCUT2D eigenvalue weighted by Crippen LogP contribution is 2.14. The number of aromatic nitrogens is 1. The molecular formula is C16H21N3O3S. The van der Waals surface area contributed by atoms with Gasteiger partial charge < -0.3 is 10.3 Å². The summed E-state index contributed by atoms with van der Waals surface area (Å²) >= 11 is 0. The third-order valence-electron chi connectivity index (χ3n) is 3.38. The minimum absolute atomic E-state index is 0.101. The maximum atomic E-state index is 12.1. The summed E-state index contributed by atoms with van der Waals surface area (Å²) in [7, 11) is -3.40. The number of sulfonamides is 1. The SMILES string of the molecule is CC[C@H](C)NS(=O)(=O)Cc1cccc(NC(=O)c2ccc[nH]2)c1. The number of carbonyl (C=O) groups excluding carboxylic acids is 1. The Bertz CT molecular complexity index is 755. The molecule has 0 spiro atoms. The second-order valence-corrected chi connectivity index (χ2v) is 7.18. The van der Waals surface area contributed by atoms with Gasteiger partial charge in [0.1, 0.15) is 5.69 Å². The number of carbonyl (C=O) groups is 1. The molecule has 0 aliphatic rings. The molecule has 0 radical (unpaired) electrons. The quantitative estimate of drug-likeness (QED) is 0.726. The van der Waals surface area contributed by atoms with Gasteiger partial charge in [-0.05, 0) is 43.2 Å². The maximum Gasteiger partial charge on any atom is 0.272 e. The second kappa shape index (κ2) is 7.43. The number of rotatable bonds is 7. The van der Waals surface area contributed by atoms with Gasteiger partial charge in [-0.3, -0.25) is 4.79 Å². The molecule has 23 heavy (non-hydrogen) atoms. The Labute approximate surface area is 136 Å². The summed E-state index contributed by atoms with van der Waals surface area (Å²) in [6.45, 7) is 3.74. The van der Waals surface area contributed by atoms with Crippen molar-refractivity contribution in [3.8, 4) is 0 Å². The molecule has 124 valence electrons. The van der Waals surface area contributed by atoms with Crippen molar-refractivity contribution in [3.63, 3.8) is 0 Å². The molecule has 1 amide bonds. The fourth-order valence-electron chi connectivity index (χ4n) is 2.06. The Kier molecular flexibility index (Phi) is 5.57. The van der Waals surface area contributed by atoms with Crippen LogP contribution in [0.25, 0.3) is 0 Å². The standard InChI is InChI=1S/C16H21N3O3S/c1-3-12(2)19-23(21,22)11-13-6-4-7-14(10-13)18-16(20)15-8-5-9-17-15/h4-10,12,17,19H,3,11H2,1-2H3,(H,18,20)/t12-/m0/s1. The van der Waals surface area contributed by atoms with E-state index in [0.29, 0.717) is 16.9 Å². The summed E-state index contributed by atoms with van der Waals surface area (Å²) in [6.07, 6.45) is 2.39. The number of hydrogen-bond acceptors (Lipinski definition) is 3. The fraction of sp³-hybridized carbons (Fsp3) is 0.312. The number of nitrogens with one attached hydrogen (secondary N) is 3. The number of anilines is 1. The summed E-state index contributed by atoms with van der Waals surface area (Å²) < 4.78 is 26.8. The first-order chi connectivity index (χ1) is 10.9. The molecule has 3 N–H and O–H groups in total. The van der Waals surface area contributed by atoms with Crippen molar-refractivity contribution in [2.24, 2.45) is 0 Å². The van der Waals surface area contributed by atoms with Gasteiger partial charge >= 0.3 is 0 Å². The lowest BCUT2D eigenvalue weighted by Crippen LogP contribution is -2.32. The first-order valence-corrected chi connectivity index (χ1v) is 9.08. The van der Waals surface area contributed by atoms with Gasteiger partial charge in [0, 0.05) is 17.9 Å². The van der Waals surface area contributed by atoms with Crippen molar-refractivity contribution < 1.29 is 13.2 Å².